The van der Waals surface area contributed by atoms with E-state index in [-0.39, 0.29) is 5.97 Å². The van der Waals surface area contributed by atoms with Gasteiger partial charge in [-0.15, -0.1) is 0 Å². The number of hydrogen-bond donors (Lipinski definition) is 0. The number of carbonyl (C=O) groups excluding carboxylic acids is 1. The summed E-state index contributed by atoms with van der Waals surface area (Å²) < 4.78 is 7.89. The molecule has 0 spiro atoms. The minimum Gasteiger partial charge on any atom is -0.421 e. The van der Waals surface area contributed by atoms with E-state index in [1.165, 1.54) is 5.19 Å². The predicted octanol–water partition coefficient (Wildman–Crippen LogP) is 6.72. The molecule has 2 aromatic rings. The Kier molecular flexibility index (Phi) is 7.49. The van der Waals surface area contributed by atoms with Crippen molar-refractivity contribution in [2.75, 3.05) is 0 Å². The fourth-order valence-electron chi connectivity index (χ4n) is 2.91. The summed E-state index contributed by atoms with van der Waals surface area (Å²) in [6.07, 6.45) is 0. The number of halogens is 3. The molecule has 25 heavy (non-hydrogen) atoms. The summed E-state index contributed by atoms with van der Waals surface area (Å²) in [5.41, 5.74) is 1.86. The summed E-state index contributed by atoms with van der Waals surface area (Å²) in [7, 11) is -0.647. The number of benzene rings is 2. The van der Waals surface area contributed by atoms with Crippen LogP contribution in [-0.2, 0) is 0 Å². The third-order valence-electron chi connectivity index (χ3n) is 3.86. The maximum atomic E-state index is 12.5. The van der Waals surface area contributed by atoms with Crippen LogP contribution < -0.4 is 9.92 Å². The minimum absolute atomic E-state index is 0.363. The Balaban J connectivity index is 2.21. The lowest BCUT2D eigenvalue weighted by molar-refractivity contribution is 0.0732. The quantitative estimate of drug-likeness (QED) is 0.236. The molecule has 0 atom stereocenters. The molecule has 0 saturated heterocycles. The van der Waals surface area contributed by atoms with Gasteiger partial charge in [0.25, 0.3) is 0 Å². The highest BCUT2D eigenvalue weighted by Crippen LogP contribution is 2.36. The molecule has 0 unspecified atom stereocenters. The van der Waals surface area contributed by atoms with Gasteiger partial charge in [-0.3, -0.25) is 0 Å². The Labute approximate surface area is 176 Å². The highest BCUT2D eigenvalue weighted by Gasteiger charge is 2.22. The van der Waals surface area contributed by atoms with E-state index in [9.17, 15) is 4.79 Å². The molecule has 2 rings (SSSR count). The third kappa shape index (κ3) is 5.28. The first kappa shape index (κ1) is 20.9. The van der Waals surface area contributed by atoms with Crippen molar-refractivity contribution in [3.63, 3.8) is 0 Å². The van der Waals surface area contributed by atoms with Crippen LogP contribution in [0.3, 0.4) is 0 Å². The van der Waals surface area contributed by atoms with Gasteiger partial charge < -0.3 is 4.74 Å². The topological polar surface area (TPSA) is 26.3 Å². The summed E-state index contributed by atoms with van der Waals surface area (Å²) >= 11 is 10.3. The summed E-state index contributed by atoms with van der Waals surface area (Å²) in [4.78, 5) is 12.5. The van der Waals surface area contributed by atoms with Crippen molar-refractivity contribution in [2.24, 2.45) is 0 Å². The second-order valence-corrected chi connectivity index (χ2v) is 12.9. The lowest BCUT2D eigenvalue weighted by atomic mass is 10.2. The Bertz CT molecular complexity index is 727. The zero-order valence-corrected chi connectivity index (χ0v) is 20.3. The van der Waals surface area contributed by atoms with Gasteiger partial charge >= 0.3 is 5.97 Å². The standard InChI is InChI=1S/C19H20Br3O2Si/c1-11(2)25(12(3)4)15-7-5-13(6-8-15)19(23)24-18-16(21)9-14(20)10-17(18)22/h5-12H,1-4H3. The maximum absolute atomic E-state index is 12.5. The molecular formula is C19H20Br3O2Si. The third-order valence-corrected chi connectivity index (χ3v) is 8.98. The van der Waals surface area contributed by atoms with Crippen molar-refractivity contribution in [1.29, 1.82) is 0 Å². The molecule has 2 nitrogen and oxygen atoms in total. The lowest BCUT2D eigenvalue weighted by Gasteiger charge is -2.23. The number of carbonyl (C=O) groups is 1. The van der Waals surface area contributed by atoms with E-state index >= 15 is 0 Å². The van der Waals surface area contributed by atoms with Crippen LogP contribution in [0.1, 0.15) is 38.1 Å². The SMILES string of the molecule is CC(C)[Si](c1ccc(C(=O)Oc2c(Br)cc(Br)cc2Br)cc1)C(C)C. The van der Waals surface area contributed by atoms with Crippen molar-refractivity contribution in [1.82, 2.24) is 0 Å². The van der Waals surface area contributed by atoms with Gasteiger partial charge in [-0.05, 0) is 67.2 Å². The van der Waals surface area contributed by atoms with E-state index in [1.807, 2.05) is 24.3 Å². The molecule has 0 amide bonds. The van der Waals surface area contributed by atoms with E-state index in [1.54, 1.807) is 0 Å². The Morgan fingerprint density at radius 2 is 1.40 bits per heavy atom. The van der Waals surface area contributed by atoms with Crippen LogP contribution >= 0.6 is 47.8 Å². The van der Waals surface area contributed by atoms with Gasteiger partial charge in [0.2, 0.25) is 0 Å². The highest BCUT2D eigenvalue weighted by molar-refractivity contribution is 9.11. The fourth-order valence-corrected chi connectivity index (χ4v) is 8.55. The predicted molar refractivity (Wildman–Crippen MR) is 117 cm³/mol. The van der Waals surface area contributed by atoms with Crippen molar-refractivity contribution in [3.05, 3.63) is 55.4 Å². The smallest absolute Gasteiger partial charge is 0.343 e. The Hall–Kier alpha value is -0.433. The molecule has 0 bridgehead atoms. The molecule has 0 aliphatic rings. The van der Waals surface area contributed by atoms with Crippen molar-refractivity contribution < 1.29 is 9.53 Å². The van der Waals surface area contributed by atoms with Gasteiger partial charge in [0, 0.05) is 4.47 Å². The van der Waals surface area contributed by atoms with E-state index in [0.29, 0.717) is 31.3 Å². The van der Waals surface area contributed by atoms with Gasteiger partial charge in [-0.25, -0.2) is 4.79 Å². The normalized spacial score (nSPS) is 11.4. The van der Waals surface area contributed by atoms with Gasteiger partial charge in [-0.1, -0.05) is 60.9 Å². The molecule has 1 radical (unpaired) electrons. The number of hydrogen-bond acceptors (Lipinski definition) is 2. The van der Waals surface area contributed by atoms with Crippen LogP contribution in [0.2, 0.25) is 11.1 Å². The summed E-state index contributed by atoms with van der Waals surface area (Å²) in [5.74, 6) is 0.115. The molecule has 0 heterocycles. The molecule has 0 fully saturated rings. The fraction of sp³-hybridized carbons (Fsp3) is 0.316. The van der Waals surface area contributed by atoms with Crippen LogP contribution in [0.5, 0.6) is 5.75 Å². The van der Waals surface area contributed by atoms with E-state index in [2.05, 4.69) is 87.6 Å². The number of ether oxygens (including phenoxy) is 1. The van der Waals surface area contributed by atoms with Crippen LogP contribution in [0.25, 0.3) is 0 Å². The first-order valence-electron chi connectivity index (χ1n) is 8.04. The molecule has 0 aliphatic carbocycles. The molecule has 0 N–H and O–H groups in total. The minimum atomic E-state index is -0.647. The summed E-state index contributed by atoms with van der Waals surface area (Å²) in [6, 6.07) is 11.6. The molecular weight excluding hydrogens is 528 g/mol. The Morgan fingerprint density at radius 3 is 1.84 bits per heavy atom. The van der Waals surface area contributed by atoms with Crippen LogP contribution in [-0.4, -0.2) is 14.8 Å². The van der Waals surface area contributed by atoms with Gasteiger partial charge in [0.1, 0.15) is 0 Å². The zero-order valence-electron chi connectivity index (χ0n) is 14.6. The first-order valence-corrected chi connectivity index (χ1v) is 12.1. The highest BCUT2D eigenvalue weighted by atomic mass is 79.9. The second-order valence-electron chi connectivity index (χ2n) is 6.43. The second kappa shape index (κ2) is 8.98. The zero-order chi connectivity index (χ0) is 18.7. The van der Waals surface area contributed by atoms with Crippen LogP contribution in [0, 0.1) is 0 Å². The molecule has 0 aliphatic heterocycles. The van der Waals surface area contributed by atoms with Crippen molar-refractivity contribution in [2.45, 2.75) is 38.8 Å². The average molecular weight is 548 g/mol. The first-order chi connectivity index (χ1) is 11.7. The monoisotopic (exact) mass is 545 g/mol. The number of rotatable bonds is 5. The Morgan fingerprint density at radius 1 is 0.920 bits per heavy atom. The maximum Gasteiger partial charge on any atom is 0.343 e. The molecule has 0 aromatic heterocycles. The van der Waals surface area contributed by atoms with Gasteiger partial charge in [0.15, 0.2) is 5.75 Å². The number of esters is 1. The van der Waals surface area contributed by atoms with Crippen molar-refractivity contribution in [3.8, 4) is 5.75 Å². The van der Waals surface area contributed by atoms with E-state index in [0.717, 1.165) is 4.47 Å². The van der Waals surface area contributed by atoms with Crippen LogP contribution in [0.4, 0.5) is 0 Å². The van der Waals surface area contributed by atoms with Gasteiger partial charge in [-0.2, -0.15) is 0 Å². The average Bonchev–Trinajstić information content (AvgIpc) is 2.50. The summed E-state index contributed by atoms with van der Waals surface area (Å²) in [6.45, 7) is 9.11. The molecule has 133 valence electrons. The molecule has 2 aromatic carbocycles. The van der Waals surface area contributed by atoms with Crippen LogP contribution in [0.15, 0.2) is 49.8 Å². The molecule has 0 saturated carbocycles. The van der Waals surface area contributed by atoms with Crippen molar-refractivity contribution >= 4 is 67.7 Å². The van der Waals surface area contributed by atoms with E-state index in [4.69, 9.17) is 4.74 Å². The largest absolute Gasteiger partial charge is 0.421 e. The summed E-state index contributed by atoms with van der Waals surface area (Å²) in [5, 5.41) is 1.36. The molecule has 6 heteroatoms. The lowest BCUT2D eigenvalue weighted by Crippen LogP contribution is -2.35. The van der Waals surface area contributed by atoms with E-state index < -0.39 is 8.80 Å². The van der Waals surface area contributed by atoms with Gasteiger partial charge in [0.05, 0.1) is 23.3 Å².